The summed E-state index contributed by atoms with van der Waals surface area (Å²) < 4.78 is 177. The fourth-order valence-corrected chi connectivity index (χ4v) is 5.70. The molecular weight excluding hydrogens is 552 g/mol. The van der Waals surface area contributed by atoms with E-state index in [0.29, 0.717) is 0 Å². The molecule has 210 valence electrons. The van der Waals surface area contributed by atoms with Crippen molar-refractivity contribution in [2.75, 3.05) is 19.8 Å². The van der Waals surface area contributed by atoms with Crippen LogP contribution in [-0.4, -0.2) is 63.5 Å². The van der Waals surface area contributed by atoms with Gasteiger partial charge in [0.2, 0.25) is 0 Å². The van der Waals surface area contributed by atoms with Gasteiger partial charge in [0.15, 0.2) is 0 Å². The molecule has 0 aliphatic rings. The molecule has 1 aromatic carbocycles. The molecule has 1 aromatic rings. The second-order valence-electron chi connectivity index (χ2n) is 7.07. The second-order valence-corrected chi connectivity index (χ2v) is 9.62. The third kappa shape index (κ3) is 5.47. The van der Waals surface area contributed by atoms with Gasteiger partial charge in [-0.25, -0.2) is 0 Å². The molecule has 1 rings (SSSR count). The highest BCUT2D eigenvalue weighted by Gasteiger charge is 2.74. The molecule has 0 aromatic heterocycles. The van der Waals surface area contributed by atoms with E-state index in [9.17, 15) is 62.9 Å². The van der Waals surface area contributed by atoms with Crippen LogP contribution in [0.1, 0.15) is 31.9 Å². The Balaban J connectivity index is 4.40. The van der Waals surface area contributed by atoms with Crippen LogP contribution in [-0.2, 0) is 24.5 Å². The number of rotatable bonds is 9. The van der Waals surface area contributed by atoms with Crippen molar-refractivity contribution < 1.29 is 76.2 Å². The molecule has 2 N–H and O–H groups in total. The molecule has 0 radical (unpaired) electrons. The van der Waals surface area contributed by atoms with Gasteiger partial charge in [-0.2, -0.15) is 52.7 Å². The molecule has 0 bridgehead atoms. The van der Waals surface area contributed by atoms with Crippen LogP contribution < -0.4 is 5.19 Å². The Morgan fingerprint density at radius 2 is 0.806 bits per heavy atom. The molecule has 0 aliphatic heterocycles. The molecule has 0 heterocycles. The molecule has 36 heavy (non-hydrogen) atoms. The summed E-state index contributed by atoms with van der Waals surface area (Å²) in [6.45, 7) is 2.27. The Kier molecular flexibility index (Phi) is 9.26. The Hall–Kier alpha value is -1.60. The zero-order valence-corrected chi connectivity index (χ0v) is 19.5. The first-order valence-electron chi connectivity index (χ1n) is 9.80. The molecule has 0 amide bonds. The summed E-state index contributed by atoms with van der Waals surface area (Å²) in [5.41, 5.74) is -17.0. The molecule has 18 heteroatoms. The lowest BCUT2D eigenvalue weighted by atomic mass is 9.85. The Morgan fingerprint density at radius 3 is 1.00 bits per heavy atom. The van der Waals surface area contributed by atoms with Crippen LogP contribution in [0.5, 0.6) is 0 Å². The minimum atomic E-state index is -6.69. The van der Waals surface area contributed by atoms with E-state index in [-0.39, 0.29) is 12.1 Å². The number of halogens is 12. The van der Waals surface area contributed by atoms with Crippen molar-refractivity contribution in [2.24, 2.45) is 0 Å². The molecule has 0 spiro atoms. The van der Waals surface area contributed by atoms with Crippen molar-refractivity contribution in [2.45, 2.75) is 56.7 Å². The van der Waals surface area contributed by atoms with Gasteiger partial charge >= 0.3 is 33.5 Å². The van der Waals surface area contributed by atoms with Crippen LogP contribution in [0.25, 0.3) is 0 Å². The number of hydrogen-bond acceptors (Lipinski definition) is 5. The lowest BCUT2D eigenvalue weighted by Crippen LogP contribution is -2.60. The minimum absolute atomic E-state index is 0.176. The van der Waals surface area contributed by atoms with Crippen LogP contribution in [0.2, 0.25) is 0 Å². The topological polar surface area (TPSA) is 68.2 Å². The van der Waals surface area contributed by atoms with Crippen LogP contribution in [0.15, 0.2) is 18.2 Å². The number of benzene rings is 1. The van der Waals surface area contributed by atoms with Crippen molar-refractivity contribution in [3.8, 4) is 0 Å². The van der Waals surface area contributed by atoms with E-state index in [1.165, 1.54) is 20.8 Å². The fourth-order valence-electron chi connectivity index (χ4n) is 3.14. The highest BCUT2D eigenvalue weighted by molar-refractivity contribution is 6.75. The van der Waals surface area contributed by atoms with Crippen LogP contribution >= 0.6 is 0 Å². The normalized spacial score (nSPS) is 14.9. The van der Waals surface area contributed by atoms with Crippen molar-refractivity contribution in [3.63, 3.8) is 0 Å². The third-order valence-electron chi connectivity index (χ3n) is 4.77. The minimum Gasteiger partial charge on any atom is -0.370 e. The zero-order chi connectivity index (χ0) is 28.6. The lowest BCUT2D eigenvalue weighted by Gasteiger charge is -2.37. The zero-order valence-electron chi connectivity index (χ0n) is 18.5. The molecule has 0 aliphatic carbocycles. The molecule has 0 saturated carbocycles. The molecule has 0 saturated heterocycles. The molecule has 0 atom stereocenters. The average Bonchev–Trinajstić information content (AvgIpc) is 2.69. The van der Waals surface area contributed by atoms with Gasteiger partial charge in [-0.15, -0.1) is 0 Å². The second kappa shape index (κ2) is 10.3. The predicted octanol–water partition coefficient (Wildman–Crippen LogP) is 4.57. The SMILES string of the molecule is CCO[Si](OCC)(OCC)c1cc(C(O)(C(F)(F)F)C(F)(F)F)cc(C(O)(C(F)(F)F)C(F)(F)F)c1. The van der Waals surface area contributed by atoms with Crippen LogP contribution in [0.4, 0.5) is 52.7 Å². The Morgan fingerprint density at radius 1 is 0.556 bits per heavy atom. The van der Waals surface area contributed by atoms with E-state index < -0.39 is 86.9 Å². The Bertz CT molecular complexity index is 793. The van der Waals surface area contributed by atoms with Crippen molar-refractivity contribution in [1.29, 1.82) is 0 Å². The smallest absolute Gasteiger partial charge is 0.370 e. The van der Waals surface area contributed by atoms with Gasteiger partial charge in [-0.3, -0.25) is 0 Å². The van der Waals surface area contributed by atoms with Crippen LogP contribution in [0.3, 0.4) is 0 Å². The summed E-state index contributed by atoms with van der Waals surface area (Å²) in [7, 11) is -4.82. The number of aliphatic hydroxyl groups is 2. The highest BCUT2D eigenvalue weighted by atomic mass is 28.4. The fraction of sp³-hybridized carbons (Fsp3) is 0.667. The van der Waals surface area contributed by atoms with Gasteiger partial charge in [-0.05, 0) is 39.0 Å². The average molecular weight is 572 g/mol. The van der Waals surface area contributed by atoms with E-state index >= 15 is 0 Å². The molecule has 0 unspecified atom stereocenters. The molecule has 5 nitrogen and oxygen atoms in total. The maximum Gasteiger partial charge on any atom is 0.537 e. The molecular formula is C18H20F12O5Si. The van der Waals surface area contributed by atoms with E-state index in [0.717, 1.165) is 0 Å². The van der Waals surface area contributed by atoms with E-state index in [1.807, 2.05) is 0 Å². The maximum absolute atomic E-state index is 13.5. The largest absolute Gasteiger partial charge is 0.537 e. The van der Waals surface area contributed by atoms with Gasteiger partial charge in [0.05, 0.1) is 0 Å². The predicted molar refractivity (Wildman–Crippen MR) is 98.7 cm³/mol. The summed E-state index contributed by atoms with van der Waals surface area (Å²) in [4.78, 5) is 0. The highest BCUT2D eigenvalue weighted by Crippen LogP contribution is 2.53. The third-order valence-corrected chi connectivity index (χ3v) is 7.77. The van der Waals surface area contributed by atoms with Gasteiger partial charge in [0.1, 0.15) is 0 Å². The first-order valence-corrected chi connectivity index (χ1v) is 11.5. The maximum atomic E-state index is 13.5. The van der Waals surface area contributed by atoms with E-state index in [1.54, 1.807) is 0 Å². The van der Waals surface area contributed by atoms with E-state index in [2.05, 4.69) is 0 Å². The summed E-state index contributed by atoms with van der Waals surface area (Å²) in [6.07, 6.45) is -26.8. The van der Waals surface area contributed by atoms with Crippen molar-refractivity contribution >= 4 is 14.0 Å². The quantitative estimate of drug-likeness (QED) is 0.336. The lowest BCUT2D eigenvalue weighted by molar-refractivity contribution is -0.378. The van der Waals surface area contributed by atoms with Crippen molar-refractivity contribution in [3.05, 3.63) is 29.3 Å². The number of hydrogen-bond donors (Lipinski definition) is 2. The van der Waals surface area contributed by atoms with Gasteiger partial charge in [-0.1, -0.05) is 0 Å². The standard InChI is InChI=1S/C18H20F12O5Si/c1-4-33-36(34-5-2,35-6-3)12-8-10(13(31,15(19,20)21)16(22,23)24)7-11(9-12)14(32,17(25,26)27)18(28,29)30/h7-9,31-32H,4-6H2,1-3H3. The van der Waals surface area contributed by atoms with Gasteiger partial charge in [0.25, 0.3) is 11.2 Å². The first-order chi connectivity index (χ1) is 16.0. The molecule has 0 fully saturated rings. The van der Waals surface area contributed by atoms with Gasteiger partial charge < -0.3 is 23.5 Å². The van der Waals surface area contributed by atoms with Gasteiger partial charge in [0, 0.05) is 36.1 Å². The summed E-state index contributed by atoms with van der Waals surface area (Å²) in [5, 5.41) is 18.2. The summed E-state index contributed by atoms with van der Waals surface area (Å²) in [5.74, 6) is 0. The Labute approximate surface area is 196 Å². The van der Waals surface area contributed by atoms with E-state index in [4.69, 9.17) is 13.3 Å². The first kappa shape index (κ1) is 32.4. The monoisotopic (exact) mass is 572 g/mol. The summed E-state index contributed by atoms with van der Waals surface area (Å²) >= 11 is 0. The van der Waals surface area contributed by atoms with Crippen molar-refractivity contribution in [1.82, 2.24) is 0 Å². The van der Waals surface area contributed by atoms with Crippen LogP contribution in [0, 0.1) is 0 Å². The number of alkyl halides is 12. The summed E-state index contributed by atoms with van der Waals surface area (Å²) in [6, 6.07) is -1.23.